The highest BCUT2D eigenvalue weighted by molar-refractivity contribution is 7.13. The van der Waals surface area contributed by atoms with Gasteiger partial charge in [0.2, 0.25) is 5.89 Å². The van der Waals surface area contributed by atoms with Gasteiger partial charge in [0.1, 0.15) is 0 Å². The molecule has 0 aliphatic heterocycles. The fourth-order valence-corrected chi connectivity index (χ4v) is 3.02. The normalized spacial score (nSPS) is 15.1. The van der Waals surface area contributed by atoms with Gasteiger partial charge in [-0.05, 0) is 43.7 Å². The van der Waals surface area contributed by atoms with Crippen LogP contribution in [-0.2, 0) is 6.54 Å². The van der Waals surface area contributed by atoms with Gasteiger partial charge in [-0.1, -0.05) is 6.07 Å². The molecule has 2 aromatic heterocycles. The van der Waals surface area contributed by atoms with E-state index >= 15 is 0 Å². The van der Waals surface area contributed by atoms with Crippen LogP contribution in [0, 0.1) is 0 Å². The Kier molecular flexibility index (Phi) is 4.50. The van der Waals surface area contributed by atoms with Crippen LogP contribution in [0.4, 0.5) is 0 Å². The maximum atomic E-state index is 8.88. The van der Waals surface area contributed by atoms with Gasteiger partial charge in [0.15, 0.2) is 5.76 Å². The summed E-state index contributed by atoms with van der Waals surface area (Å²) in [6, 6.07) is 4.76. The smallest absolute Gasteiger partial charge is 0.209 e. The molecule has 108 valence electrons. The summed E-state index contributed by atoms with van der Waals surface area (Å²) in [5.74, 6) is 1.66. The third-order valence-corrected chi connectivity index (χ3v) is 4.46. The molecule has 1 aliphatic rings. The Morgan fingerprint density at radius 1 is 1.40 bits per heavy atom. The summed E-state index contributed by atoms with van der Waals surface area (Å²) in [5.41, 5.74) is 0. The van der Waals surface area contributed by atoms with E-state index in [0.717, 1.165) is 42.5 Å². The molecule has 3 rings (SSSR count). The quantitative estimate of drug-likeness (QED) is 0.759. The number of hydrogen-bond donors (Lipinski definition) is 1. The molecule has 20 heavy (non-hydrogen) atoms. The zero-order valence-corrected chi connectivity index (χ0v) is 12.3. The van der Waals surface area contributed by atoms with Gasteiger partial charge in [0, 0.05) is 12.6 Å². The highest BCUT2D eigenvalue weighted by Crippen LogP contribution is 2.30. The van der Waals surface area contributed by atoms with Gasteiger partial charge in [-0.3, -0.25) is 4.90 Å². The van der Waals surface area contributed by atoms with E-state index in [2.05, 4.69) is 16.0 Å². The molecule has 1 fully saturated rings. The van der Waals surface area contributed by atoms with Crippen LogP contribution in [0.3, 0.4) is 0 Å². The SMILES string of the molecule is OCCCCN(Cc1ncc(-c2cccs2)o1)C1CC1. The first-order chi connectivity index (χ1) is 9.86. The first kappa shape index (κ1) is 13.8. The first-order valence-electron chi connectivity index (χ1n) is 7.20. The Balaban J connectivity index is 1.60. The van der Waals surface area contributed by atoms with Gasteiger partial charge in [0.25, 0.3) is 0 Å². The largest absolute Gasteiger partial charge is 0.438 e. The second-order valence-electron chi connectivity index (χ2n) is 5.23. The van der Waals surface area contributed by atoms with Gasteiger partial charge in [0.05, 0.1) is 17.6 Å². The van der Waals surface area contributed by atoms with Crippen LogP contribution in [0.5, 0.6) is 0 Å². The van der Waals surface area contributed by atoms with Gasteiger partial charge in [-0.25, -0.2) is 4.98 Å². The van der Waals surface area contributed by atoms with Crippen molar-refractivity contribution in [2.75, 3.05) is 13.2 Å². The molecule has 0 atom stereocenters. The number of aromatic nitrogens is 1. The number of unbranched alkanes of at least 4 members (excludes halogenated alkanes) is 1. The predicted octanol–water partition coefficient (Wildman–Crippen LogP) is 3.14. The maximum Gasteiger partial charge on any atom is 0.209 e. The molecule has 1 N–H and O–H groups in total. The summed E-state index contributed by atoms with van der Waals surface area (Å²) in [4.78, 5) is 7.96. The van der Waals surface area contributed by atoms with Crippen molar-refractivity contribution in [1.82, 2.24) is 9.88 Å². The Labute approximate surface area is 123 Å². The monoisotopic (exact) mass is 292 g/mol. The van der Waals surface area contributed by atoms with E-state index in [9.17, 15) is 0 Å². The third kappa shape index (κ3) is 3.48. The topological polar surface area (TPSA) is 49.5 Å². The molecule has 0 unspecified atom stereocenters. The Hall–Kier alpha value is -1.17. The molecule has 1 saturated carbocycles. The molecule has 0 amide bonds. The highest BCUT2D eigenvalue weighted by Gasteiger charge is 2.29. The lowest BCUT2D eigenvalue weighted by molar-refractivity contribution is 0.212. The minimum Gasteiger partial charge on any atom is -0.438 e. The number of rotatable bonds is 8. The number of aliphatic hydroxyl groups excluding tert-OH is 1. The molecule has 0 saturated heterocycles. The van der Waals surface area contributed by atoms with E-state index in [1.165, 1.54) is 12.8 Å². The number of aliphatic hydroxyl groups is 1. The van der Waals surface area contributed by atoms with E-state index in [0.29, 0.717) is 6.04 Å². The van der Waals surface area contributed by atoms with Gasteiger partial charge in [-0.15, -0.1) is 11.3 Å². The molecule has 0 radical (unpaired) electrons. The minimum absolute atomic E-state index is 0.278. The van der Waals surface area contributed by atoms with Crippen LogP contribution in [0.25, 0.3) is 10.6 Å². The minimum atomic E-state index is 0.278. The van der Waals surface area contributed by atoms with E-state index in [4.69, 9.17) is 9.52 Å². The number of hydrogen-bond acceptors (Lipinski definition) is 5. The third-order valence-electron chi connectivity index (χ3n) is 3.57. The van der Waals surface area contributed by atoms with Crippen molar-refractivity contribution in [3.63, 3.8) is 0 Å². The Morgan fingerprint density at radius 2 is 2.30 bits per heavy atom. The average molecular weight is 292 g/mol. The van der Waals surface area contributed by atoms with E-state index in [1.54, 1.807) is 11.3 Å². The summed E-state index contributed by atoms with van der Waals surface area (Å²) < 4.78 is 5.85. The summed E-state index contributed by atoms with van der Waals surface area (Å²) in [6.45, 7) is 2.07. The molecule has 0 spiro atoms. The van der Waals surface area contributed by atoms with Gasteiger partial charge < -0.3 is 9.52 Å². The maximum absolute atomic E-state index is 8.88. The summed E-state index contributed by atoms with van der Waals surface area (Å²) in [5, 5.41) is 10.9. The molecule has 1 aliphatic carbocycles. The molecule has 0 bridgehead atoms. The molecular weight excluding hydrogens is 272 g/mol. The fourth-order valence-electron chi connectivity index (χ4n) is 2.35. The zero-order chi connectivity index (χ0) is 13.8. The van der Waals surface area contributed by atoms with Crippen LogP contribution < -0.4 is 0 Å². The first-order valence-corrected chi connectivity index (χ1v) is 8.08. The van der Waals surface area contributed by atoms with Crippen LogP contribution in [0.1, 0.15) is 31.6 Å². The van der Waals surface area contributed by atoms with Crippen molar-refractivity contribution in [2.45, 2.75) is 38.3 Å². The number of nitrogens with zero attached hydrogens (tertiary/aromatic N) is 2. The van der Waals surface area contributed by atoms with Crippen molar-refractivity contribution < 1.29 is 9.52 Å². The standard InChI is InChI=1S/C15H20N2O2S/c18-8-2-1-7-17(12-5-6-12)11-15-16-10-13(19-15)14-4-3-9-20-14/h3-4,9-10,12,18H,1-2,5-8,11H2. The van der Waals surface area contributed by atoms with Crippen LogP contribution in [0.2, 0.25) is 0 Å². The van der Waals surface area contributed by atoms with E-state index < -0.39 is 0 Å². The van der Waals surface area contributed by atoms with Crippen LogP contribution in [-0.4, -0.2) is 34.2 Å². The lowest BCUT2D eigenvalue weighted by atomic mass is 10.3. The summed E-state index contributed by atoms with van der Waals surface area (Å²) in [6.07, 6.45) is 6.27. The lowest BCUT2D eigenvalue weighted by Gasteiger charge is -2.19. The number of oxazole rings is 1. The number of thiophene rings is 1. The van der Waals surface area contributed by atoms with Gasteiger partial charge >= 0.3 is 0 Å². The highest BCUT2D eigenvalue weighted by atomic mass is 32.1. The van der Waals surface area contributed by atoms with Crippen LogP contribution >= 0.6 is 11.3 Å². The molecule has 0 aromatic carbocycles. The second kappa shape index (κ2) is 6.52. The van der Waals surface area contributed by atoms with Gasteiger partial charge in [-0.2, -0.15) is 0 Å². The molecule has 2 heterocycles. The van der Waals surface area contributed by atoms with Crippen molar-refractivity contribution in [1.29, 1.82) is 0 Å². The van der Waals surface area contributed by atoms with Crippen LogP contribution in [0.15, 0.2) is 28.1 Å². The fraction of sp³-hybridized carbons (Fsp3) is 0.533. The molecule has 2 aromatic rings. The molecular formula is C15H20N2O2S. The zero-order valence-electron chi connectivity index (χ0n) is 11.5. The predicted molar refractivity (Wildman–Crippen MR) is 79.6 cm³/mol. The lowest BCUT2D eigenvalue weighted by Crippen LogP contribution is -2.27. The van der Waals surface area contributed by atoms with E-state index in [1.807, 2.05) is 17.6 Å². The van der Waals surface area contributed by atoms with Crippen molar-refractivity contribution in [3.8, 4) is 10.6 Å². The molecule has 5 heteroatoms. The average Bonchev–Trinajstić information content (AvgIpc) is 2.97. The van der Waals surface area contributed by atoms with Crippen molar-refractivity contribution in [2.24, 2.45) is 0 Å². The Morgan fingerprint density at radius 3 is 3.00 bits per heavy atom. The van der Waals surface area contributed by atoms with E-state index in [-0.39, 0.29) is 6.61 Å². The van der Waals surface area contributed by atoms with Crippen molar-refractivity contribution in [3.05, 3.63) is 29.6 Å². The Bertz CT molecular complexity index is 520. The van der Waals surface area contributed by atoms with Crippen molar-refractivity contribution >= 4 is 11.3 Å². The second-order valence-corrected chi connectivity index (χ2v) is 6.18. The summed E-state index contributed by atoms with van der Waals surface area (Å²) in [7, 11) is 0. The summed E-state index contributed by atoms with van der Waals surface area (Å²) >= 11 is 1.67. The molecule has 4 nitrogen and oxygen atoms in total.